The summed E-state index contributed by atoms with van der Waals surface area (Å²) in [6.45, 7) is 4.43. The topological polar surface area (TPSA) is 12.9 Å². The summed E-state index contributed by atoms with van der Waals surface area (Å²) in [7, 11) is 0. The molecule has 0 saturated carbocycles. The van der Waals surface area contributed by atoms with Crippen molar-refractivity contribution in [1.82, 2.24) is 4.98 Å². The van der Waals surface area contributed by atoms with E-state index in [0.717, 1.165) is 5.01 Å². The maximum Gasteiger partial charge on any atom is 0.123 e. The summed E-state index contributed by atoms with van der Waals surface area (Å²) in [5, 5.41) is 3.33. The molecule has 0 unspecified atom stereocenters. The average Bonchev–Trinajstić information content (AvgIpc) is 2.49. The van der Waals surface area contributed by atoms with Crippen LogP contribution in [0.15, 0.2) is 23.7 Å². The molecule has 2 rings (SSSR count). The average molecular weight is 177 g/mol. The molecule has 2 heteroatoms. The lowest BCUT2D eigenvalue weighted by molar-refractivity contribution is 0.871. The van der Waals surface area contributed by atoms with Gasteiger partial charge in [0.25, 0.3) is 0 Å². The maximum atomic E-state index is 4.24. The van der Waals surface area contributed by atoms with E-state index >= 15 is 0 Å². The number of nitrogens with zero attached hydrogens (tertiary/aromatic N) is 1. The van der Waals surface area contributed by atoms with Gasteiger partial charge in [-0.25, -0.2) is 4.98 Å². The van der Waals surface area contributed by atoms with E-state index < -0.39 is 0 Å². The second kappa shape index (κ2) is 2.87. The highest BCUT2D eigenvalue weighted by Crippen LogP contribution is 2.28. The Morgan fingerprint density at radius 2 is 2.25 bits per heavy atom. The normalized spacial score (nSPS) is 11.2. The van der Waals surface area contributed by atoms with Gasteiger partial charge >= 0.3 is 0 Å². The first-order valence-corrected chi connectivity index (χ1v) is 4.98. The van der Waals surface area contributed by atoms with Crippen molar-refractivity contribution in [1.29, 1.82) is 0 Å². The largest absolute Gasteiger partial charge is 0.245 e. The van der Waals surface area contributed by atoms with Crippen molar-refractivity contribution >= 4 is 11.3 Å². The second-order valence-corrected chi connectivity index (χ2v) is 4.10. The summed E-state index contributed by atoms with van der Waals surface area (Å²) in [6, 6.07) is 4.29. The fraction of sp³-hybridized carbons (Fsp3) is 0.300. The summed E-state index contributed by atoms with van der Waals surface area (Å²) in [5.74, 6) is 0.612. The molecule has 0 radical (unpaired) electrons. The smallest absolute Gasteiger partial charge is 0.123 e. The Balaban J connectivity index is 2.54. The molecule has 0 spiro atoms. The lowest BCUT2D eigenvalue weighted by Crippen LogP contribution is -1.85. The van der Waals surface area contributed by atoms with Crippen molar-refractivity contribution in [2.24, 2.45) is 0 Å². The molecule has 0 aromatic rings. The first kappa shape index (κ1) is 7.74. The van der Waals surface area contributed by atoms with Crippen LogP contribution in [0.4, 0.5) is 0 Å². The van der Waals surface area contributed by atoms with Gasteiger partial charge in [-0.3, -0.25) is 0 Å². The summed E-state index contributed by atoms with van der Waals surface area (Å²) < 4.78 is 0. The van der Waals surface area contributed by atoms with E-state index in [2.05, 4.69) is 36.3 Å². The first-order valence-electron chi connectivity index (χ1n) is 4.10. The number of rotatable bonds is 1. The molecule has 0 N–H and O–H groups in total. The van der Waals surface area contributed by atoms with E-state index in [9.17, 15) is 0 Å². The molecule has 0 saturated heterocycles. The van der Waals surface area contributed by atoms with Gasteiger partial charge in [0.1, 0.15) is 5.01 Å². The predicted octanol–water partition coefficient (Wildman–Crippen LogP) is 3.37. The van der Waals surface area contributed by atoms with E-state index in [0.29, 0.717) is 5.92 Å². The minimum absolute atomic E-state index is 0.612. The van der Waals surface area contributed by atoms with Crippen LogP contribution in [0.1, 0.15) is 25.3 Å². The Bertz CT molecular complexity index is 351. The third-order valence-electron chi connectivity index (χ3n) is 1.99. The van der Waals surface area contributed by atoms with Crippen molar-refractivity contribution < 1.29 is 0 Å². The highest BCUT2D eigenvalue weighted by atomic mass is 32.1. The second-order valence-electron chi connectivity index (χ2n) is 3.24. The highest BCUT2D eigenvalue weighted by Gasteiger charge is 2.06. The molecule has 0 atom stereocenters. The van der Waals surface area contributed by atoms with Crippen LogP contribution in [-0.2, 0) is 0 Å². The van der Waals surface area contributed by atoms with Crippen LogP contribution in [0, 0.1) is 0 Å². The molecule has 0 amide bonds. The Labute approximate surface area is 76.4 Å². The molecular formula is C10H11NS. The standard InChI is InChI=1S/C10H11NS/c1-7(2)9-5-8-3-4-11-10(8)12-6-9/h3-7H,1-2H3. The first-order chi connectivity index (χ1) is 5.77. The van der Waals surface area contributed by atoms with Gasteiger partial charge in [-0.15, -0.1) is 11.3 Å². The molecule has 0 aromatic carbocycles. The Kier molecular flexibility index (Phi) is 1.85. The summed E-state index contributed by atoms with van der Waals surface area (Å²) in [5.41, 5.74) is 2.67. The zero-order valence-electron chi connectivity index (χ0n) is 7.24. The zero-order valence-corrected chi connectivity index (χ0v) is 8.06. The van der Waals surface area contributed by atoms with Crippen LogP contribution in [0.3, 0.4) is 0 Å². The van der Waals surface area contributed by atoms with Crippen LogP contribution < -0.4 is 0 Å². The van der Waals surface area contributed by atoms with E-state index in [1.807, 2.05) is 6.20 Å². The van der Waals surface area contributed by atoms with Crippen molar-refractivity contribution in [2.75, 3.05) is 0 Å². The Hall–Kier alpha value is -0.890. The minimum atomic E-state index is 0.612. The number of hydrogen-bond donors (Lipinski definition) is 0. The van der Waals surface area contributed by atoms with Crippen molar-refractivity contribution in [2.45, 2.75) is 19.8 Å². The molecule has 2 heterocycles. The molecule has 0 aliphatic carbocycles. The summed E-state index contributed by atoms with van der Waals surface area (Å²) in [4.78, 5) is 4.24. The van der Waals surface area contributed by atoms with E-state index in [1.165, 1.54) is 11.1 Å². The van der Waals surface area contributed by atoms with Gasteiger partial charge in [-0.2, -0.15) is 0 Å². The quantitative estimate of drug-likeness (QED) is 0.650. The summed E-state index contributed by atoms with van der Waals surface area (Å²) in [6.07, 6.45) is 1.87. The third kappa shape index (κ3) is 1.23. The van der Waals surface area contributed by atoms with Gasteiger partial charge in [0.15, 0.2) is 0 Å². The monoisotopic (exact) mass is 177 g/mol. The van der Waals surface area contributed by atoms with Crippen LogP contribution in [0.2, 0.25) is 0 Å². The number of hydrogen-bond acceptors (Lipinski definition) is 2. The number of aromatic nitrogens is 1. The van der Waals surface area contributed by atoms with Crippen LogP contribution in [0.5, 0.6) is 0 Å². The summed E-state index contributed by atoms with van der Waals surface area (Å²) >= 11 is 1.73. The molecule has 0 fully saturated rings. The Morgan fingerprint density at radius 3 is 3.00 bits per heavy atom. The lowest BCUT2D eigenvalue weighted by Gasteiger charge is -2.05. The van der Waals surface area contributed by atoms with Gasteiger partial charge in [0.05, 0.1) is 0 Å². The Morgan fingerprint density at radius 1 is 1.42 bits per heavy atom. The molecular weight excluding hydrogens is 166 g/mol. The molecule has 2 aliphatic rings. The fourth-order valence-corrected chi connectivity index (χ4v) is 2.15. The third-order valence-corrected chi connectivity index (χ3v) is 2.94. The SMILES string of the molecule is CC(C)c1csc2nccc-2c1. The molecule has 12 heavy (non-hydrogen) atoms. The van der Waals surface area contributed by atoms with E-state index in [1.54, 1.807) is 11.3 Å². The van der Waals surface area contributed by atoms with Crippen LogP contribution >= 0.6 is 11.3 Å². The van der Waals surface area contributed by atoms with Crippen LogP contribution in [-0.4, -0.2) is 4.98 Å². The fourth-order valence-electron chi connectivity index (χ4n) is 1.18. The zero-order chi connectivity index (χ0) is 8.55. The van der Waals surface area contributed by atoms with E-state index in [4.69, 9.17) is 0 Å². The van der Waals surface area contributed by atoms with E-state index in [-0.39, 0.29) is 0 Å². The van der Waals surface area contributed by atoms with Crippen molar-refractivity contribution in [3.63, 3.8) is 0 Å². The van der Waals surface area contributed by atoms with Crippen LogP contribution in [0.25, 0.3) is 10.6 Å². The minimum Gasteiger partial charge on any atom is -0.245 e. The van der Waals surface area contributed by atoms with Gasteiger partial charge in [-0.1, -0.05) is 13.8 Å². The predicted molar refractivity (Wildman–Crippen MR) is 52.8 cm³/mol. The van der Waals surface area contributed by atoms with Gasteiger partial charge in [0, 0.05) is 11.8 Å². The number of fused-ring (bicyclic) bond motifs is 1. The molecule has 62 valence electrons. The molecule has 0 bridgehead atoms. The highest BCUT2D eigenvalue weighted by molar-refractivity contribution is 7.13. The van der Waals surface area contributed by atoms with Gasteiger partial charge < -0.3 is 0 Å². The van der Waals surface area contributed by atoms with Crippen molar-refractivity contribution in [3.8, 4) is 10.6 Å². The van der Waals surface area contributed by atoms with Gasteiger partial charge in [0.2, 0.25) is 0 Å². The maximum absolute atomic E-state index is 4.24. The molecule has 1 nitrogen and oxygen atoms in total. The molecule has 0 aromatic heterocycles. The van der Waals surface area contributed by atoms with Crippen molar-refractivity contribution in [3.05, 3.63) is 29.3 Å². The lowest BCUT2D eigenvalue weighted by atomic mass is 10.1. The van der Waals surface area contributed by atoms with Gasteiger partial charge in [-0.05, 0) is 29.0 Å². The molecule has 2 aliphatic heterocycles.